The molecule has 0 spiro atoms. The van der Waals surface area contributed by atoms with Crippen molar-refractivity contribution in [1.82, 2.24) is 14.1 Å². The molecular weight excluding hydrogens is 306 g/mol. The van der Waals surface area contributed by atoms with Crippen LogP contribution in [0.15, 0.2) is 11.2 Å². The molecule has 0 amide bonds. The number of sulfonamides is 1. The molecule has 9 heteroatoms. The fourth-order valence-electron chi connectivity index (χ4n) is 2.50. The van der Waals surface area contributed by atoms with Crippen LogP contribution in [0.1, 0.15) is 25.7 Å². The second-order valence-electron chi connectivity index (χ2n) is 4.78. The summed E-state index contributed by atoms with van der Waals surface area (Å²) in [4.78, 5) is 10.9. The van der Waals surface area contributed by atoms with E-state index in [0.717, 1.165) is 6.42 Å². The lowest BCUT2D eigenvalue weighted by Gasteiger charge is -2.33. The number of nitrogens with zero attached hydrogens (tertiary/aromatic N) is 3. The van der Waals surface area contributed by atoms with Gasteiger partial charge in [-0.05, 0) is 12.8 Å². The van der Waals surface area contributed by atoms with Gasteiger partial charge in [0.2, 0.25) is 0 Å². The van der Waals surface area contributed by atoms with E-state index in [1.165, 1.54) is 22.2 Å². The van der Waals surface area contributed by atoms with Crippen LogP contribution < -0.4 is 0 Å². The Bertz CT molecular complexity index is 594. The lowest BCUT2D eigenvalue weighted by atomic mass is 10.0. The molecule has 1 unspecified atom stereocenters. The highest BCUT2D eigenvalue weighted by molar-refractivity contribution is 7.89. The Kier molecular flexibility index (Phi) is 4.36. The van der Waals surface area contributed by atoms with Crippen LogP contribution in [-0.2, 0) is 21.9 Å². The number of rotatable bonds is 4. The molecule has 0 bridgehead atoms. The Labute approximate surface area is 122 Å². The topological polar surface area (TPSA) is 92.5 Å². The quantitative estimate of drug-likeness (QED) is 0.896. The Hall–Kier alpha value is -1.12. The molecule has 2 rings (SSSR count). The molecule has 1 aromatic rings. The van der Waals surface area contributed by atoms with Crippen molar-refractivity contribution in [3.05, 3.63) is 11.2 Å². The first kappa shape index (κ1) is 15.3. The van der Waals surface area contributed by atoms with E-state index in [1.807, 2.05) is 0 Å². The van der Waals surface area contributed by atoms with Crippen molar-refractivity contribution < 1.29 is 18.3 Å². The SMILES string of the molecule is Cn1ncc(Cl)c1S(=O)(=O)N1CCCCC1CC(=O)O. The van der Waals surface area contributed by atoms with Crippen molar-refractivity contribution in [2.45, 2.75) is 36.8 Å². The maximum atomic E-state index is 12.7. The normalized spacial score (nSPS) is 21.0. The smallest absolute Gasteiger partial charge is 0.304 e. The Morgan fingerprint density at radius 3 is 2.80 bits per heavy atom. The Morgan fingerprint density at radius 1 is 1.55 bits per heavy atom. The Balaban J connectivity index is 2.38. The molecule has 7 nitrogen and oxygen atoms in total. The molecule has 0 aromatic carbocycles. The first-order valence-electron chi connectivity index (χ1n) is 6.25. The summed E-state index contributed by atoms with van der Waals surface area (Å²) in [6, 6.07) is -0.530. The molecule has 1 aliphatic heterocycles. The summed E-state index contributed by atoms with van der Waals surface area (Å²) in [5.74, 6) is -1.01. The molecule has 112 valence electrons. The minimum Gasteiger partial charge on any atom is -0.481 e. The number of aromatic nitrogens is 2. The number of aryl methyl sites for hydroxylation is 1. The predicted molar refractivity (Wildman–Crippen MR) is 72.0 cm³/mol. The van der Waals surface area contributed by atoms with Gasteiger partial charge in [0.15, 0.2) is 5.03 Å². The maximum Gasteiger partial charge on any atom is 0.304 e. The van der Waals surface area contributed by atoms with Gasteiger partial charge in [0.05, 0.1) is 17.6 Å². The zero-order valence-electron chi connectivity index (χ0n) is 11.0. The summed E-state index contributed by atoms with van der Waals surface area (Å²) in [7, 11) is -2.34. The third-order valence-electron chi connectivity index (χ3n) is 3.38. The number of carboxylic acid groups (broad SMARTS) is 1. The van der Waals surface area contributed by atoms with Crippen LogP contribution in [0, 0.1) is 0 Å². The summed E-state index contributed by atoms with van der Waals surface area (Å²) in [5.41, 5.74) is 0. The average Bonchev–Trinajstić information content (AvgIpc) is 2.69. The fraction of sp³-hybridized carbons (Fsp3) is 0.636. The zero-order chi connectivity index (χ0) is 14.9. The summed E-state index contributed by atoms with van der Waals surface area (Å²) >= 11 is 5.90. The van der Waals surface area contributed by atoms with Crippen molar-refractivity contribution in [2.24, 2.45) is 7.05 Å². The van der Waals surface area contributed by atoms with Crippen molar-refractivity contribution in [1.29, 1.82) is 0 Å². The van der Waals surface area contributed by atoms with Crippen LogP contribution in [0.5, 0.6) is 0 Å². The second kappa shape index (κ2) is 5.71. The molecule has 20 heavy (non-hydrogen) atoms. The summed E-state index contributed by atoms with van der Waals surface area (Å²) in [6.07, 6.45) is 3.15. The van der Waals surface area contributed by atoms with E-state index < -0.39 is 22.0 Å². The minimum atomic E-state index is -3.84. The standard InChI is InChI=1S/C11H16ClN3O4S/c1-14-11(9(12)7-13-14)20(18,19)15-5-3-2-4-8(15)6-10(16)17/h7-8H,2-6H2,1H3,(H,16,17). The maximum absolute atomic E-state index is 12.7. The lowest BCUT2D eigenvalue weighted by molar-refractivity contribution is -0.138. The number of aliphatic carboxylic acids is 1. The van der Waals surface area contributed by atoms with Crippen molar-refractivity contribution >= 4 is 27.6 Å². The van der Waals surface area contributed by atoms with Crippen LogP contribution >= 0.6 is 11.6 Å². The third-order valence-corrected chi connectivity index (χ3v) is 5.84. The van der Waals surface area contributed by atoms with Crippen molar-refractivity contribution in [3.8, 4) is 0 Å². The molecule has 1 aliphatic rings. The van der Waals surface area contributed by atoms with Gasteiger partial charge in [-0.2, -0.15) is 9.40 Å². The molecule has 1 saturated heterocycles. The molecule has 1 aromatic heterocycles. The second-order valence-corrected chi connectivity index (χ2v) is 7.00. The molecule has 2 heterocycles. The zero-order valence-corrected chi connectivity index (χ0v) is 12.6. The van der Waals surface area contributed by atoms with Gasteiger partial charge in [-0.15, -0.1) is 0 Å². The third kappa shape index (κ3) is 2.82. The van der Waals surface area contributed by atoms with E-state index in [0.29, 0.717) is 19.4 Å². The van der Waals surface area contributed by atoms with Crippen LogP contribution in [0.3, 0.4) is 0 Å². The summed E-state index contributed by atoms with van der Waals surface area (Å²) in [5, 5.41) is 12.7. The number of hydrogen-bond donors (Lipinski definition) is 1. The van der Waals surface area contributed by atoms with Gasteiger partial charge in [-0.1, -0.05) is 18.0 Å². The van der Waals surface area contributed by atoms with Crippen molar-refractivity contribution in [3.63, 3.8) is 0 Å². The van der Waals surface area contributed by atoms with Crippen molar-refractivity contribution in [2.75, 3.05) is 6.54 Å². The van der Waals surface area contributed by atoms with Gasteiger partial charge in [-0.25, -0.2) is 8.42 Å². The first-order chi connectivity index (χ1) is 9.34. The Morgan fingerprint density at radius 2 is 2.25 bits per heavy atom. The molecule has 1 N–H and O–H groups in total. The monoisotopic (exact) mass is 321 g/mol. The van der Waals surface area contributed by atoms with Crippen LogP contribution in [0.4, 0.5) is 0 Å². The minimum absolute atomic E-state index is 0.0483. The van der Waals surface area contributed by atoms with Gasteiger partial charge >= 0.3 is 5.97 Å². The summed E-state index contributed by atoms with van der Waals surface area (Å²) in [6.45, 7) is 0.307. The number of carbonyl (C=O) groups is 1. The summed E-state index contributed by atoms with van der Waals surface area (Å²) < 4.78 is 27.8. The highest BCUT2D eigenvalue weighted by Crippen LogP contribution is 2.30. The van der Waals surface area contributed by atoms with Gasteiger partial charge in [-0.3, -0.25) is 9.48 Å². The predicted octanol–water partition coefficient (Wildman–Crippen LogP) is 1.09. The fourth-order valence-corrected chi connectivity index (χ4v) is 4.80. The van der Waals surface area contributed by atoms with Gasteiger partial charge < -0.3 is 5.11 Å². The average molecular weight is 322 g/mol. The number of halogens is 1. The van der Waals surface area contributed by atoms with Crippen LogP contribution in [0.2, 0.25) is 5.02 Å². The number of piperidine rings is 1. The number of hydrogen-bond acceptors (Lipinski definition) is 4. The number of carboxylic acids is 1. The molecule has 0 aliphatic carbocycles. The highest BCUT2D eigenvalue weighted by atomic mass is 35.5. The van der Waals surface area contributed by atoms with Gasteiger partial charge in [0.1, 0.15) is 0 Å². The van der Waals surface area contributed by atoms with Gasteiger partial charge in [0, 0.05) is 19.6 Å². The highest BCUT2D eigenvalue weighted by Gasteiger charge is 2.37. The molecule has 0 saturated carbocycles. The van der Waals surface area contributed by atoms with E-state index in [2.05, 4.69) is 5.10 Å². The first-order valence-corrected chi connectivity index (χ1v) is 8.07. The van der Waals surface area contributed by atoms with Gasteiger partial charge in [0.25, 0.3) is 10.0 Å². The molecule has 1 atom stereocenters. The van der Waals surface area contributed by atoms with Crippen LogP contribution in [-0.4, -0.2) is 46.2 Å². The lowest BCUT2D eigenvalue weighted by Crippen LogP contribution is -2.45. The molecule has 1 fully saturated rings. The molecule has 0 radical (unpaired) electrons. The largest absolute Gasteiger partial charge is 0.481 e. The van der Waals surface area contributed by atoms with E-state index in [-0.39, 0.29) is 16.5 Å². The van der Waals surface area contributed by atoms with E-state index in [9.17, 15) is 13.2 Å². The van der Waals surface area contributed by atoms with E-state index in [1.54, 1.807) is 0 Å². The van der Waals surface area contributed by atoms with E-state index >= 15 is 0 Å². The van der Waals surface area contributed by atoms with E-state index in [4.69, 9.17) is 16.7 Å². The molecular formula is C11H16ClN3O4S. The van der Waals surface area contributed by atoms with Crippen LogP contribution in [0.25, 0.3) is 0 Å².